The van der Waals surface area contributed by atoms with Gasteiger partial charge in [0.2, 0.25) is 0 Å². The summed E-state index contributed by atoms with van der Waals surface area (Å²) in [7, 11) is 0. The Balaban J connectivity index is 1.23. The van der Waals surface area contributed by atoms with Crippen LogP contribution in [0.1, 0.15) is 84.1 Å². The topological polar surface area (TPSA) is 140 Å². The van der Waals surface area contributed by atoms with Crippen molar-refractivity contribution in [3.05, 3.63) is 89.5 Å². The fourth-order valence-corrected chi connectivity index (χ4v) is 4.46. The first-order valence-corrected chi connectivity index (χ1v) is 15.8. The Bertz CT molecular complexity index is 1470. The Morgan fingerprint density at radius 1 is 0.625 bits per heavy atom. The molecule has 0 saturated heterocycles. The molecule has 4 N–H and O–H groups in total. The fourth-order valence-electron chi connectivity index (χ4n) is 4.46. The zero-order chi connectivity index (χ0) is 34.8. The first-order chi connectivity index (χ1) is 23.0. The van der Waals surface area contributed by atoms with E-state index in [-0.39, 0.29) is 25.0 Å². The third kappa shape index (κ3) is 15.1. The molecule has 3 aromatic carbocycles. The molecule has 0 aliphatic carbocycles. The summed E-state index contributed by atoms with van der Waals surface area (Å²) in [6.45, 7) is 0.780. The summed E-state index contributed by atoms with van der Waals surface area (Å²) in [6, 6.07) is 17.4. The summed E-state index contributed by atoms with van der Waals surface area (Å²) in [5, 5.41) is 0. The van der Waals surface area contributed by atoms with Gasteiger partial charge in [-0.25, -0.2) is 14.4 Å². The van der Waals surface area contributed by atoms with Gasteiger partial charge in [-0.1, -0.05) is 37.8 Å². The molecular weight excluding hydrogens is 629 g/mol. The zero-order valence-corrected chi connectivity index (χ0v) is 26.6. The number of benzene rings is 3. The number of rotatable bonds is 19. The Morgan fingerprint density at radius 3 is 1.81 bits per heavy atom. The maximum absolute atomic E-state index is 12.5. The van der Waals surface area contributed by atoms with Gasteiger partial charge in [-0.3, -0.25) is 0 Å². The molecule has 48 heavy (non-hydrogen) atoms. The van der Waals surface area contributed by atoms with Crippen LogP contribution >= 0.6 is 0 Å². The molecule has 258 valence electrons. The van der Waals surface area contributed by atoms with Gasteiger partial charge < -0.3 is 30.4 Å². The first-order valence-electron chi connectivity index (χ1n) is 15.8. The number of hydrogen-bond donors (Lipinski definition) is 2. The lowest BCUT2D eigenvalue weighted by Crippen LogP contribution is -2.09. The number of hydrogen-bond acceptors (Lipinski definition) is 9. The van der Waals surface area contributed by atoms with E-state index in [4.69, 9.17) is 30.4 Å². The summed E-state index contributed by atoms with van der Waals surface area (Å²) in [5.74, 6) is -0.725. The molecule has 0 spiro atoms. The highest BCUT2D eigenvalue weighted by Gasteiger charge is 2.25. The van der Waals surface area contributed by atoms with Crippen LogP contribution in [0.5, 0.6) is 11.5 Å². The summed E-state index contributed by atoms with van der Waals surface area (Å²) >= 11 is 0. The second-order valence-corrected chi connectivity index (χ2v) is 11.1. The van der Waals surface area contributed by atoms with Crippen LogP contribution in [0.15, 0.2) is 72.8 Å². The van der Waals surface area contributed by atoms with Gasteiger partial charge in [-0.2, -0.15) is 13.2 Å². The van der Waals surface area contributed by atoms with Crippen molar-refractivity contribution in [1.29, 1.82) is 0 Å². The molecule has 0 bridgehead atoms. The van der Waals surface area contributed by atoms with E-state index in [1.807, 2.05) is 0 Å². The molecule has 0 fully saturated rings. The number of carbonyl (C=O) groups is 3. The molecule has 0 unspecified atom stereocenters. The Hall–Kier alpha value is -5.00. The maximum atomic E-state index is 12.5. The van der Waals surface area contributed by atoms with E-state index in [0.717, 1.165) is 38.5 Å². The number of esters is 3. The lowest BCUT2D eigenvalue weighted by atomic mass is 10.1. The van der Waals surface area contributed by atoms with E-state index < -0.39 is 30.5 Å². The standard InChI is InChI=1S/C36H41F3N2O7/c37-36(38,39)19-5-8-20-45-31-16-12-27(13-17-31)35(44)48-32-14-9-26(10-15-32)11-18-33(42)46-21-6-3-1-2-4-7-22-47-34(43)28-23-29(40)25-30(41)24-28/h9-18,23-25H,1-8,19-22,40-41H2. The van der Waals surface area contributed by atoms with Crippen molar-refractivity contribution in [2.24, 2.45) is 0 Å². The van der Waals surface area contributed by atoms with Crippen molar-refractivity contribution in [3.8, 4) is 11.5 Å². The van der Waals surface area contributed by atoms with Crippen LogP contribution in [0, 0.1) is 0 Å². The van der Waals surface area contributed by atoms with Crippen LogP contribution in [0.3, 0.4) is 0 Å². The molecule has 0 aromatic heterocycles. The molecule has 0 aliphatic heterocycles. The Kier molecular flexibility index (Phi) is 15.3. The van der Waals surface area contributed by atoms with Crippen LogP contribution in [0.4, 0.5) is 24.5 Å². The lowest BCUT2D eigenvalue weighted by molar-refractivity contribution is -0.138. The molecule has 0 saturated carbocycles. The average Bonchev–Trinajstić information content (AvgIpc) is 3.04. The SMILES string of the molecule is Nc1cc(N)cc(C(=O)OCCCCCCCCOC(=O)C=Cc2ccc(OC(=O)c3ccc(OCCCCC(F)(F)F)cc3)cc2)c1. The van der Waals surface area contributed by atoms with Crippen molar-refractivity contribution >= 4 is 35.4 Å². The summed E-state index contributed by atoms with van der Waals surface area (Å²) in [5.41, 5.74) is 13.6. The monoisotopic (exact) mass is 670 g/mol. The molecule has 3 rings (SSSR count). The second kappa shape index (κ2) is 19.6. The molecule has 3 aromatic rings. The van der Waals surface area contributed by atoms with E-state index >= 15 is 0 Å². The van der Waals surface area contributed by atoms with Crippen LogP contribution in [0.25, 0.3) is 6.08 Å². The van der Waals surface area contributed by atoms with Gasteiger partial charge in [0.15, 0.2) is 0 Å². The van der Waals surface area contributed by atoms with Crippen molar-refractivity contribution in [1.82, 2.24) is 0 Å². The fraction of sp³-hybridized carbons (Fsp3) is 0.361. The number of ether oxygens (including phenoxy) is 4. The maximum Gasteiger partial charge on any atom is 0.389 e. The number of halogens is 3. The molecule has 0 radical (unpaired) electrons. The number of nitrogen functional groups attached to an aromatic ring is 2. The number of anilines is 2. The van der Waals surface area contributed by atoms with Crippen molar-refractivity contribution < 1.29 is 46.5 Å². The van der Waals surface area contributed by atoms with Gasteiger partial charge in [-0.15, -0.1) is 0 Å². The highest BCUT2D eigenvalue weighted by molar-refractivity contribution is 5.92. The van der Waals surface area contributed by atoms with E-state index in [2.05, 4.69) is 0 Å². The minimum Gasteiger partial charge on any atom is -0.494 e. The van der Waals surface area contributed by atoms with Crippen LogP contribution in [-0.2, 0) is 14.3 Å². The minimum atomic E-state index is -4.17. The predicted molar refractivity (Wildman–Crippen MR) is 176 cm³/mol. The summed E-state index contributed by atoms with van der Waals surface area (Å²) in [4.78, 5) is 36.6. The smallest absolute Gasteiger partial charge is 0.389 e. The van der Waals surface area contributed by atoms with Gasteiger partial charge in [0.1, 0.15) is 11.5 Å². The molecule has 9 nitrogen and oxygen atoms in total. The van der Waals surface area contributed by atoms with Crippen LogP contribution in [-0.4, -0.2) is 43.9 Å². The molecule has 0 heterocycles. The van der Waals surface area contributed by atoms with Crippen molar-refractivity contribution in [3.63, 3.8) is 0 Å². The zero-order valence-electron chi connectivity index (χ0n) is 26.6. The van der Waals surface area contributed by atoms with Crippen LogP contribution in [0.2, 0.25) is 0 Å². The third-order valence-electron chi connectivity index (χ3n) is 6.95. The number of nitrogens with two attached hydrogens (primary N) is 2. The van der Waals surface area contributed by atoms with Crippen molar-refractivity contribution in [2.75, 3.05) is 31.3 Å². The normalized spacial score (nSPS) is 11.3. The first kappa shape index (κ1) is 37.5. The van der Waals surface area contributed by atoms with Gasteiger partial charge in [-0.05, 0) is 91.9 Å². The van der Waals surface area contributed by atoms with E-state index in [1.54, 1.807) is 48.5 Å². The largest absolute Gasteiger partial charge is 0.494 e. The van der Waals surface area contributed by atoms with Crippen LogP contribution < -0.4 is 20.9 Å². The number of unbranched alkanes of at least 4 members (excludes halogenated alkanes) is 6. The lowest BCUT2D eigenvalue weighted by Gasteiger charge is -2.09. The molecule has 0 atom stereocenters. The second-order valence-electron chi connectivity index (χ2n) is 11.1. The average molecular weight is 671 g/mol. The highest BCUT2D eigenvalue weighted by Crippen LogP contribution is 2.23. The van der Waals surface area contributed by atoms with Gasteiger partial charge >= 0.3 is 24.1 Å². The van der Waals surface area contributed by atoms with Crippen molar-refractivity contribution in [2.45, 2.75) is 64.0 Å². The molecule has 12 heteroatoms. The van der Waals surface area contributed by atoms with Gasteiger partial charge in [0.05, 0.1) is 30.9 Å². The summed E-state index contributed by atoms with van der Waals surface area (Å²) < 4.78 is 57.9. The molecule has 0 amide bonds. The number of carbonyl (C=O) groups excluding carboxylic acids is 3. The minimum absolute atomic E-state index is 0.01000. The number of alkyl halides is 3. The highest BCUT2D eigenvalue weighted by atomic mass is 19.4. The van der Waals surface area contributed by atoms with E-state index in [1.165, 1.54) is 30.3 Å². The Morgan fingerprint density at radius 2 is 1.19 bits per heavy atom. The molecular formula is C36H41F3N2O7. The Labute approximate surface area is 278 Å². The van der Waals surface area contributed by atoms with Gasteiger partial charge in [0, 0.05) is 23.9 Å². The summed E-state index contributed by atoms with van der Waals surface area (Å²) in [6.07, 6.45) is 3.44. The van der Waals surface area contributed by atoms with E-state index in [0.29, 0.717) is 47.2 Å². The third-order valence-corrected chi connectivity index (χ3v) is 6.95. The van der Waals surface area contributed by atoms with Gasteiger partial charge in [0.25, 0.3) is 0 Å². The quantitative estimate of drug-likeness (QED) is 0.0428. The van der Waals surface area contributed by atoms with E-state index in [9.17, 15) is 27.6 Å². The molecule has 0 aliphatic rings. The predicted octanol–water partition coefficient (Wildman–Crippen LogP) is 7.94.